The van der Waals surface area contributed by atoms with E-state index in [1.807, 2.05) is 12.2 Å². The van der Waals surface area contributed by atoms with Crippen LogP contribution < -0.4 is 5.32 Å². The summed E-state index contributed by atoms with van der Waals surface area (Å²) in [6.45, 7) is -1.02. The minimum absolute atomic E-state index is 0.0777. The zero-order chi connectivity index (χ0) is 20.0. The highest BCUT2D eigenvalue weighted by Gasteiger charge is 2.59. The third-order valence-corrected chi connectivity index (χ3v) is 6.22. The molecule has 28 heavy (non-hydrogen) atoms. The fourth-order valence-corrected chi connectivity index (χ4v) is 4.94. The van der Waals surface area contributed by atoms with Crippen LogP contribution in [-0.4, -0.2) is 41.7 Å². The zero-order valence-corrected chi connectivity index (χ0v) is 16.9. The van der Waals surface area contributed by atoms with Gasteiger partial charge in [-0.15, -0.1) is 0 Å². The number of nitrogens with zero attached hydrogens (tertiary/aromatic N) is 1. The number of carbonyl (C=O) groups excluding carboxylic acids is 4. The van der Waals surface area contributed by atoms with Crippen molar-refractivity contribution in [1.29, 1.82) is 0 Å². The van der Waals surface area contributed by atoms with Crippen molar-refractivity contribution in [3.05, 3.63) is 39.8 Å². The van der Waals surface area contributed by atoms with Crippen LogP contribution in [0.4, 0.5) is 5.69 Å². The van der Waals surface area contributed by atoms with Gasteiger partial charge in [0.25, 0.3) is 5.91 Å². The summed E-state index contributed by atoms with van der Waals surface area (Å²) in [7, 11) is 0. The van der Waals surface area contributed by atoms with Crippen molar-refractivity contribution in [2.45, 2.75) is 6.42 Å². The highest BCUT2D eigenvalue weighted by atomic mass is 79.9. The Hall–Kier alpha value is -2.19. The lowest BCUT2D eigenvalue weighted by Crippen LogP contribution is -2.38. The molecule has 2 bridgehead atoms. The molecule has 2 fully saturated rings. The third kappa shape index (κ3) is 3.35. The average Bonchev–Trinajstić information content (AvgIpc) is 3.32. The monoisotopic (exact) mass is 466 g/mol. The Labute approximate surface area is 174 Å². The molecule has 0 spiro atoms. The molecule has 2 aliphatic carbocycles. The quantitative estimate of drug-likeness (QED) is 0.408. The van der Waals surface area contributed by atoms with Crippen molar-refractivity contribution in [3.8, 4) is 0 Å². The van der Waals surface area contributed by atoms with Gasteiger partial charge in [0.1, 0.15) is 6.54 Å². The molecule has 1 N–H and O–H groups in total. The van der Waals surface area contributed by atoms with Crippen molar-refractivity contribution in [1.82, 2.24) is 4.90 Å². The molecule has 1 heterocycles. The number of rotatable bonds is 5. The number of hydrogen-bond donors (Lipinski definition) is 1. The molecule has 1 aromatic rings. The van der Waals surface area contributed by atoms with Gasteiger partial charge in [-0.25, -0.2) is 0 Å². The van der Waals surface area contributed by atoms with E-state index < -0.39 is 25.0 Å². The first-order valence-electron chi connectivity index (χ1n) is 8.79. The number of benzene rings is 1. The molecule has 4 atom stereocenters. The summed E-state index contributed by atoms with van der Waals surface area (Å²) in [5, 5.41) is 2.86. The molecule has 9 heteroatoms. The van der Waals surface area contributed by atoms with E-state index in [1.54, 1.807) is 18.2 Å². The molecule has 7 nitrogen and oxygen atoms in total. The van der Waals surface area contributed by atoms with Crippen LogP contribution in [0.2, 0.25) is 5.02 Å². The molecule has 1 saturated carbocycles. The first kappa shape index (κ1) is 19.1. The first-order valence-corrected chi connectivity index (χ1v) is 9.96. The number of imide groups is 1. The number of esters is 1. The number of anilines is 1. The van der Waals surface area contributed by atoms with E-state index in [-0.39, 0.29) is 35.5 Å². The van der Waals surface area contributed by atoms with Gasteiger partial charge < -0.3 is 10.1 Å². The molecule has 4 rings (SSSR count). The van der Waals surface area contributed by atoms with E-state index >= 15 is 0 Å². The Morgan fingerprint density at radius 3 is 2.43 bits per heavy atom. The molecule has 0 unspecified atom stereocenters. The van der Waals surface area contributed by atoms with Crippen molar-refractivity contribution in [2.75, 3.05) is 18.5 Å². The minimum Gasteiger partial charge on any atom is -0.454 e. The summed E-state index contributed by atoms with van der Waals surface area (Å²) in [4.78, 5) is 50.1. The minimum atomic E-state index is -0.806. The van der Waals surface area contributed by atoms with E-state index in [0.29, 0.717) is 10.7 Å². The van der Waals surface area contributed by atoms with Gasteiger partial charge in [0.2, 0.25) is 11.8 Å². The molecule has 1 aliphatic heterocycles. The standard InChI is InChI=1S/C19H16BrClN2O5/c20-11-3-4-13(12(21)6-11)22-14(24)8-28-15(25)7-23-18(26)16-9-1-2-10(5-9)17(16)19(23)27/h1-4,6,9-10,16-17H,5,7-8H2,(H,22,24)/t9-,10-,16+,17+/m0/s1. The molecule has 3 aliphatic rings. The first-order chi connectivity index (χ1) is 13.3. The van der Waals surface area contributed by atoms with E-state index in [1.165, 1.54) is 0 Å². The highest BCUT2D eigenvalue weighted by molar-refractivity contribution is 9.10. The summed E-state index contributed by atoms with van der Waals surface area (Å²) in [5.41, 5.74) is 0.381. The lowest BCUT2D eigenvalue weighted by atomic mass is 9.85. The van der Waals surface area contributed by atoms with Gasteiger partial charge in [-0.05, 0) is 36.5 Å². The molecule has 146 valence electrons. The fourth-order valence-electron chi connectivity index (χ4n) is 4.22. The Morgan fingerprint density at radius 2 is 1.82 bits per heavy atom. The van der Waals surface area contributed by atoms with Crippen LogP contribution in [0.15, 0.2) is 34.8 Å². The number of ether oxygens (including phenoxy) is 1. The Bertz CT molecular complexity index is 888. The van der Waals surface area contributed by atoms with E-state index in [9.17, 15) is 19.2 Å². The molecule has 1 saturated heterocycles. The average molecular weight is 468 g/mol. The van der Waals surface area contributed by atoms with Gasteiger partial charge in [0.15, 0.2) is 6.61 Å². The lowest BCUT2D eigenvalue weighted by molar-refractivity contribution is -0.154. The number of allylic oxidation sites excluding steroid dienone is 2. The topological polar surface area (TPSA) is 92.8 Å². The van der Waals surface area contributed by atoms with Crippen LogP contribution in [0.25, 0.3) is 0 Å². The Kier molecular flexibility index (Phi) is 5.01. The van der Waals surface area contributed by atoms with Crippen LogP contribution in [0.3, 0.4) is 0 Å². The Morgan fingerprint density at radius 1 is 1.18 bits per heavy atom. The number of nitrogens with one attached hydrogen (secondary N) is 1. The largest absolute Gasteiger partial charge is 0.454 e. The van der Waals surface area contributed by atoms with Gasteiger partial charge in [-0.1, -0.05) is 39.7 Å². The number of hydrogen-bond acceptors (Lipinski definition) is 5. The van der Waals surface area contributed by atoms with Crippen molar-refractivity contribution in [2.24, 2.45) is 23.7 Å². The number of carbonyl (C=O) groups is 4. The molecular formula is C19H16BrClN2O5. The maximum Gasteiger partial charge on any atom is 0.326 e. The molecular weight excluding hydrogens is 452 g/mol. The van der Waals surface area contributed by atoms with Crippen molar-refractivity contribution in [3.63, 3.8) is 0 Å². The number of likely N-dealkylation sites (tertiary alicyclic amines) is 1. The van der Waals surface area contributed by atoms with Gasteiger partial charge in [0.05, 0.1) is 22.5 Å². The number of fused-ring (bicyclic) bond motifs is 5. The number of amides is 3. The smallest absolute Gasteiger partial charge is 0.326 e. The second-order valence-electron chi connectivity index (χ2n) is 7.10. The predicted molar refractivity (Wildman–Crippen MR) is 103 cm³/mol. The second kappa shape index (κ2) is 7.33. The summed E-state index contributed by atoms with van der Waals surface area (Å²) in [6.07, 6.45) is 4.79. The van der Waals surface area contributed by atoms with E-state index in [0.717, 1.165) is 15.8 Å². The van der Waals surface area contributed by atoms with Gasteiger partial charge >= 0.3 is 5.97 Å². The van der Waals surface area contributed by atoms with Crippen LogP contribution >= 0.6 is 27.5 Å². The lowest BCUT2D eigenvalue weighted by Gasteiger charge is -2.16. The van der Waals surface area contributed by atoms with Gasteiger partial charge in [-0.2, -0.15) is 0 Å². The summed E-state index contributed by atoms with van der Waals surface area (Å²) in [5.74, 6) is -2.60. The van der Waals surface area contributed by atoms with Crippen LogP contribution in [0, 0.1) is 23.7 Å². The van der Waals surface area contributed by atoms with Crippen molar-refractivity contribution >= 4 is 56.9 Å². The SMILES string of the molecule is O=C(COC(=O)CN1C(=O)[C@H]2[C@H](C1=O)[C@H]1C=C[C@H]2C1)Nc1ccc(Br)cc1Cl. The zero-order valence-electron chi connectivity index (χ0n) is 14.6. The molecule has 1 aromatic carbocycles. The van der Waals surface area contributed by atoms with Crippen molar-refractivity contribution < 1.29 is 23.9 Å². The number of halogens is 2. The molecule has 0 aromatic heterocycles. The maximum absolute atomic E-state index is 12.5. The molecule has 0 radical (unpaired) electrons. The second-order valence-corrected chi connectivity index (χ2v) is 8.42. The van der Waals surface area contributed by atoms with Gasteiger partial charge in [-0.3, -0.25) is 24.1 Å². The summed E-state index contributed by atoms with van der Waals surface area (Å²) in [6, 6.07) is 4.93. The summed E-state index contributed by atoms with van der Waals surface area (Å²) >= 11 is 9.28. The maximum atomic E-state index is 12.5. The highest BCUT2D eigenvalue weighted by Crippen LogP contribution is 2.52. The predicted octanol–water partition coefficient (Wildman–Crippen LogP) is 2.39. The van der Waals surface area contributed by atoms with Crippen LogP contribution in [-0.2, 0) is 23.9 Å². The molecule has 3 amide bonds. The fraction of sp³-hybridized carbons (Fsp3) is 0.368. The van der Waals surface area contributed by atoms with Crippen LogP contribution in [0.1, 0.15) is 6.42 Å². The Balaban J connectivity index is 1.30. The van der Waals surface area contributed by atoms with Crippen LogP contribution in [0.5, 0.6) is 0 Å². The third-order valence-electron chi connectivity index (χ3n) is 5.42. The van der Waals surface area contributed by atoms with E-state index in [2.05, 4.69) is 21.2 Å². The van der Waals surface area contributed by atoms with Gasteiger partial charge in [0, 0.05) is 4.47 Å². The van der Waals surface area contributed by atoms with E-state index in [4.69, 9.17) is 16.3 Å². The normalized spacial score (nSPS) is 27.3. The summed E-state index contributed by atoms with van der Waals surface area (Å²) < 4.78 is 5.68.